The second-order valence-electron chi connectivity index (χ2n) is 10.5. The smallest absolute Gasteiger partial charge is 0.0868 e. The molecule has 164 valence electrons. The van der Waals surface area contributed by atoms with Gasteiger partial charge in [-0.3, -0.25) is 4.99 Å². The Kier molecular flexibility index (Phi) is 7.10. The lowest BCUT2D eigenvalue weighted by atomic mass is 9.57. The van der Waals surface area contributed by atoms with Crippen LogP contribution in [0.3, 0.4) is 0 Å². The Balaban J connectivity index is 1.86. The van der Waals surface area contributed by atoms with Crippen molar-refractivity contribution in [2.24, 2.45) is 28.2 Å². The average Bonchev–Trinajstić information content (AvgIpc) is 3.02. The molecule has 3 nitrogen and oxygen atoms in total. The highest BCUT2D eigenvalue weighted by molar-refractivity contribution is 5.41. The lowest BCUT2D eigenvalue weighted by molar-refractivity contribution is 0.00407. The molecule has 0 saturated heterocycles. The molecule has 0 aromatic heterocycles. The predicted molar refractivity (Wildman–Crippen MR) is 122 cm³/mol. The van der Waals surface area contributed by atoms with Crippen LogP contribution in [0.4, 0.5) is 0 Å². The summed E-state index contributed by atoms with van der Waals surface area (Å²) in [6.07, 6.45) is 14.8. The van der Waals surface area contributed by atoms with E-state index in [1.165, 1.54) is 44.1 Å². The molecule has 0 aromatic carbocycles. The van der Waals surface area contributed by atoms with Gasteiger partial charge >= 0.3 is 0 Å². The summed E-state index contributed by atoms with van der Waals surface area (Å²) in [6.45, 7) is 13.3. The number of nitrogens with zero attached hydrogens (tertiary/aromatic N) is 1. The first kappa shape index (κ1) is 22.7. The maximum Gasteiger partial charge on any atom is 0.0868 e. The zero-order valence-corrected chi connectivity index (χ0v) is 19.2. The quantitative estimate of drug-likeness (QED) is 0.548. The van der Waals surface area contributed by atoms with E-state index in [-0.39, 0.29) is 16.9 Å². The molecule has 0 aromatic rings. The van der Waals surface area contributed by atoms with Gasteiger partial charge in [-0.05, 0) is 74.5 Å². The zero-order chi connectivity index (χ0) is 21.2. The molecule has 0 spiro atoms. The van der Waals surface area contributed by atoms with Gasteiger partial charge in [0, 0.05) is 5.92 Å². The van der Waals surface area contributed by atoms with E-state index in [4.69, 9.17) is 4.99 Å². The Morgan fingerprint density at radius 2 is 1.90 bits per heavy atom. The van der Waals surface area contributed by atoms with Crippen LogP contribution in [0.2, 0.25) is 0 Å². The van der Waals surface area contributed by atoms with Crippen LogP contribution < -0.4 is 0 Å². The van der Waals surface area contributed by atoms with Crippen LogP contribution in [0.15, 0.2) is 28.3 Å². The van der Waals surface area contributed by atoms with E-state index in [0.29, 0.717) is 12.8 Å². The van der Waals surface area contributed by atoms with Crippen molar-refractivity contribution >= 4 is 6.72 Å². The number of hydrogen-bond donors (Lipinski definition) is 2. The Bertz CT molecular complexity index is 639. The van der Waals surface area contributed by atoms with Crippen LogP contribution in [0.5, 0.6) is 0 Å². The van der Waals surface area contributed by atoms with E-state index in [2.05, 4.69) is 39.6 Å². The first-order chi connectivity index (χ1) is 13.8. The summed E-state index contributed by atoms with van der Waals surface area (Å²) >= 11 is 0. The summed E-state index contributed by atoms with van der Waals surface area (Å²) in [4.78, 5) is 4.87. The first-order valence-electron chi connectivity index (χ1n) is 12.0. The van der Waals surface area contributed by atoms with Gasteiger partial charge in [0.2, 0.25) is 0 Å². The van der Waals surface area contributed by atoms with Gasteiger partial charge in [-0.25, -0.2) is 0 Å². The molecule has 0 aliphatic heterocycles. The van der Waals surface area contributed by atoms with Crippen molar-refractivity contribution in [3.8, 4) is 0 Å². The van der Waals surface area contributed by atoms with Crippen LogP contribution in [0, 0.1) is 23.2 Å². The summed E-state index contributed by atoms with van der Waals surface area (Å²) in [5.41, 5.74) is 2.66. The molecule has 29 heavy (non-hydrogen) atoms. The maximum atomic E-state index is 10.3. The Hall–Kier alpha value is -0.930. The van der Waals surface area contributed by atoms with E-state index >= 15 is 0 Å². The van der Waals surface area contributed by atoms with Crippen LogP contribution in [-0.4, -0.2) is 34.7 Å². The Labute approximate surface area is 178 Å². The number of fused-ring (bicyclic) bond motifs is 1. The number of aliphatic hydroxyl groups excluding tert-OH is 2. The molecular weight excluding hydrogens is 358 g/mol. The number of aliphatic hydroxyl groups is 2. The van der Waals surface area contributed by atoms with Crippen LogP contribution in [0.1, 0.15) is 91.9 Å². The molecule has 3 rings (SSSR count). The molecule has 6 atom stereocenters. The van der Waals surface area contributed by atoms with Crippen molar-refractivity contribution in [2.45, 2.75) is 110 Å². The highest BCUT2D eigenvalue weighted by Gasteiger charge is 2.60. The number of hydrogen-bond acceptors (Lipinski definition) is 3. The standard InChI is InChI=1S/C26H43NO2/c1-6-7-9-18(2)22-13-15-26(27-5)21(10-8-14-25(22,26)4)12-11-20-16-23(28)19(3)24(29)17-20/h11-12,18-19,22-24,28-29H,5-10,13-17H2,1-4H3/b20-11?,21-12+/t18-,19?,22+,23+,24+,25+,26+/m0/s1. The number of rotatable bonds is 6. The molecule has 3 aliphatic carbocycles. The van der Waals surface area contributed by atoms with E-state index in [1.54, 1.807) is 0 Å². The van der Waals surface area contributed by atoms with E-state index in [1.807, 2.05) is 6.92 Å². The van der Waals surface area contributed by atoms with Crippen LogP contribution in [-0.2, 0) is 0 Å². The molecule has 0 unspecified atom stereocenters. The van der Waals surface area contributed by atoms with Crippen molar-refractivity contribution in [1.29, 1.82) is 0 Å². The second-order valence-corrected chi connectivity index (χ2v) is 10.5. The van der Waals surface area contributed by atoms with Gasteiger partial charge in [0.15, 0.2) is 0 Å². The summed E-state index contributed by atoms with van der Waals surface area (Å²) in [6, 6.07) is 0. The lowest BCUT2D eigenvalue weighted by Gasteiger charge is -2.50. The Morgan fingerprint density at radius 3 is 2.52 bits per heavy atom. The summed E-state index contributed by atoms with van der Waals surface area (Å²) in [5, 5.41) is 20.5. The normalized spacial score (nSPS) is 42.6. The molecular formula is C26H43NO2. The van der Waals surface area contributed by atoms with Crippen LogP contribution >= 0.6 is 0 Å². The van der Waals surface area contributed by atoms with Crippen LogP contribution in [0.25, 0.3) is 0 Å². The molecule has 3 heteroatoms. The third-order valence-corrected chi connectivity index (χ3v) is 8.90. The topological polar surface area (TPSA) is 52.8 Å². The van der Waals surface area contributed by atoms with E-state index < -0.39 is 12.2 Å². The SMILES string of the molecule is C=N[C@@]12CC[C@H]([C@@H](C)CCCC)[C@@]1(C)CCC/C2=C\C=C1C[C@@H](O)C(C)[C@H](O)C1. The molecule has 3 saturated carbocycles. The third-order valence-electron chi connectivity index (χ3n) is 8.90. The number of aliphatic imine (C=N–C) groups is 1. The summed E-state index contributed by atoms with van der Waals surface area (Å²) in [5.74, 6) is 1.42. The van der Waals surface area contributed by atoms with Gasteiger partial charge in [-0.15, -0.1) is 0 Å². The molecule has 3 fully saturated rings. The Morgan fingerprint density at radius 1 is 1.21 bits per heavy atom. The van der Waals surface area contributed by atoms with E-state index in [9.17, 15) is 10.2 Å². The largest absolute Gasteiger partial charge is 0.392 e. The van der Waals surface area contributed by atoms with Crippen molar-refractivity contribution in [1.82, 2.24) is 0 Å². The molecule has 0 radical (unpaired) electrons. The fourth-order valence-electron chi connectivity index (χ4n) is 6.87. The highest BCUT2D eigenvalue weighted by atomic mass is 16.3. The van der Waals surface area contributed by atoms with Crippen molar-refractivity contribution in [3.63, 3.8) is 0 Å². The van der Waals surface area contributed by atoms with Gasteiger partial charge in [0.1, 0.15) is 0 Å². The lowest BCUT2D eigenvalue weighted by Crippen LogP contribution is -2.48. The fourth-order valence-corrected chi connectivity index (χ4v) is 6.87. The number of allylic oxidation sites excluding steroid dienone is 2. The monoisotopic (exact) mass is 401 g/mol. The minimum absolute atomic E-state index is 0.0424. The molecule has 0 amide bonds. The van der Waals surface area contributed by atoms with Crippen molar-refractivity contribution in [3.05, 3.63) is 23.3 Å². The average molecular weight is 402 g/mol. The molecule has 0 bridgehead atoms. The fraction of sp³-hybridized carbons (Fsp3) is 0.808. The van der Waals surface area contributed by atoms with Gasteiger partial charge in [-0.2, -0.15) is 0 Å². The molecule has 2 N–H and O–H groups in total. The number of unbranched alkanes of at least 4 members (excludes halogenated alkanes) is 1. The van der Waals surface area contributed by atoms with Crippen molar-refractivity contribution < 1.29 is 10.2 Å². The summed E-state index contributed by atoms with van der Waals surface area (Å²) < 4.78 is 0. The van der Waals surface area contributed by atoms with Crippen molar-refractivity contribution in [2.75, 3.05) is 0 Å². The zero-order valence-electron chi connectivity index (χ0n) is 19.2. The van der Waals surface area contributed by atoms with Gasteiger partial charge in [0.25, 0.3) is 0 Å². The second kappa shape index (κ2) is 9.06. The van der Waals surface area contributed by atoms with Gasteiger partial charge in [-0.1, -0.05) is 64.7 Å². The summed E-state index contributed by atoms with van der Waals surface area (Å²) in [7, 11) is 0. The van der Waals surface area contributed by atoms with Gasteiger partial charge < -0.3 is 10.2 Å². The predicted octanol–water partition coefficient (Wildman–Crippen LogP) is 5.86. The third kappa shape index (κ3) is 4.02. The first-order valence-corrected chi connectivity index (χ1v) is 12.0. The van der Waals surface area contributed by atoms with Gasteiger partial charge in [0.05, 0.1) is 17.7 Å². The molecule has 3 aliphatic rings. The minimum Gasteiger partial charge on any atom is -0.392 e. The highest BCUT2D eigenvalue weighted by Crippen LogP contribution is 2.63. The van der Waals surface area contributed by atoms with E-state index in [0.717, 1.165) is 30.3 Å². The minimum atomic E-state index is -0.443. The maximum absolute atomic E-state index is 10.3. The molecule has 0 heterocycles.